The highest BCUT2D eigenvalue weighted by molar-refractivity contribution is 5.97. The lowest BCUT2D eigenvalue weighted by atomic mass is 10.3. The normalized spacial score (nSPS) is 12.5. The molecule has 0 bridgehead atoms. The molecule has 1 unspecified atom stereocenters. The van der Waals surface area contributed by atoms with Gasteiger partial charge in [0.1, 0.15) is 5.69 Å². The smallest absolute Gasteiger partial charge is 0.271 e. The fourth-order valence-electron chi connectivity index (χ4n) is 1.21. The number of hydrogen-bond donors (Lipinski definition) is 3. The summed E-state index contributed by atoms with van der Waals surface area (Å²) < 4.78 is 1.52. The number of carbonyl (C=O) groups is 1. The first-order chi connectivity index (χ1) is 7.06. The van der Waals surface area contributed by atoms with E-state index < -0.39 is 6.10 Å². The summed E-state index contributed by atoms with van der Waals surface area (Å²) in [5.41, 5.74) is 6.31. The van der Waals surface area contributed by atoms with Crippen molar-refractivity contribution in [3.63, 3.8) is 0 Å². The van der Waals surface area contributed by atoms with Gasteiger partial charge >= 0.3 is 0 Å². The minimum absolute atomic E-state index is 0.202. The summed E-state index contributed by atoms with van der Waals surface area (Å²) >= 11 is 0. The number of carbonyl (C=O) groups excluding carboxylic acids is 1. The first kappa shape index (κ1) is 11.5. The number of nitrogen functional groups attached to an aromatic ring is 1. The standard InChI is InChI=1S/C9H16N4O2/c1-3-13-8(7(10)5-12-13)9(15)11-4-6(2)14/h5-6,14H,3-4,10H2,1-2H3,(H,11,15). The Balaban J connectivity index is 2.76. The van der Waals surface area contributed by atoms with Crippen LogP contribution in [0.5, 0.6) is 0 Å². The van der Waals surface area contributed by atoms with E-state index in [1.165, 1.54) is 10.9 Å². The Kier molecular flexibility index (Phi) is 3.68. The lowest BCUT2D eigenvalue weighted by Crippen LogP contribution is -2.32. The van der Waals surface area contributed by atoms with Crippen LogP contribution in [0.2, 0.25) is 0 Å². The van der Waals surface area contributed by atoms with Crippen molar-refractivity contribution in [1.82, 2.24) is 15.1 Å². The first-order valence-corrected chi connectivity index (χ1v) is 4.83. The maximum Gasteiger partial charge on any atom is 0.271 e. The van der Waals surface area contributed by atoms with Gasteiger partial charge in [0.25, 0.3) is 5.91 Å². The monoisotopic (exact) mass is 212 g/mol. The number of nitrogens with zero attached hydrogens (tertiary/aromatic N) is 2. The fraction of sp³-hybridized carbons (Fsp3) is 0.556. The average Bonchev–Trinajstić information content (AvgIpc) is 2.56. The lowest BCUT2D eigenvalue weighted by molar-refractivity contribution is 0.0914. The molecule has 84 valence electrons. The van der Waals surface area contributed by atoms with Gasteiger partial charge in [0.2, 0.25) is 0 Å². The van der Waals surface area contributed by atoms with Crippen molar-refractivity contribution < 1.29 is 9.90 Å². The summed E-state index contributed by atoms with van der Waals surface area (Å²) in [6.45, 7) is 4.25. The van der Waals surface area contributed by atoms with Crippen molar-refractivity contribution in [3.05, 3.63) is 11.9 Å². The molecule has 6 heteroatoms. The molecule has 4 N–H and O–H groups in total. The zero-order chi connectivity index (χ0) is 11.4. The van der Waals surface area contributed by atoms with E-state index in [0.29, 0.717) is 17.9 Å². The molecule has 0 aliphatic carbocycles. The molecule has 0 aliphatic heterocycles. The molecular weight excluding hydrogens is 196 g/mol. The molecule has 1 rings (SSSR count). The predicted octanol–water partition coefficient (Wildman–Crippen LogP) is -0.404. The van der Waals surface area contributed by atoms with Crippen LogP contribution in [0.3, 0.4) is 0 Å². The zero-order valence-corrected chi connectivity index (χ0v) is 8.90. The van der Waals surface area contributed by atoms with Gasteiger partial charge in [-0.3, -0.25) is 9.48 Å². The quantitative estimate of drug-likeness (QED) is 0.633. The summed E-state index contributed by atoms with van der Waals surface area (Å²) in [4.78, 5) is 11.6. The Hall–Kier alpha value is -1.56. The maximum atomic E-state index is 11.6. The Morgan fingerprint density at radius 2 is 2.47 bits per heavy atom. The highest BCUT2D eigenvalue weighted by Crippen LogP contribution is 2.10. The minimum Gasteiger partial charge on any atom is -0.396 e. The van der Waals surface area contributed by atoms with E-state index in [0.717, 1.165) is 0 Å². The zero-order valence-electron chi connectivity index (χ0n) is 8.90. The van der Waals surface area contributed by atoms with Crippen LogP contribution in [0, 0.1) is 0 Å². The van der Waals surface area contributed by atoms with E-state index in [9.17, 15) is 4.79 Å². The molecule has 0 saturated carbocycles. The topological polar surface area (TPSA) is 93.2 Å². The number of hydrogen-bond acceptors (Lipinski definition) is 4. The number of aromatic nitrogens is 2. The van der Waals surface area contributed by atoms with Crippen LogP contribution in [0.4, 0.5) is 5.69 Å². The fourth-order valence-corrected chi connectivity index (χ4v) is 1.21. The summed E-state index contributed by atoms with van der Waals surface area (Å²) in [5.74, 6) is -0.312. The lowest BCUT2D eigenvalue weighted by Gasteiger charge is -2.08. The third-order valence-corrected chi connectivity index (χ3v) is 1.94. The van der Waals surface area contributed by atoms with Crippen LogP contribution in [-0.4, -0.2) is 33.4 Å². The van der Waals surface area contributed by atoms with Gasteiger partial charge < -0.3 is 16.2 Å². The van der Waals surface area contributed by atoms with E-state index in [1.54, 1.807) is 6.92 Å². The molecule has 1 heterocycles. The second-order valence-corrected chi connectivity index (χ2v) is 3.32. The van der Waals surface area contributed by atoms with E-state index >= 15 is 0 Å². The van der Waals surface area contributed by atoms with Crippen LogP contribution in [0.1, 0.15) is 24.3 Å². The van der Waals surface area contributed by atoms with Crippen molar-refractivity contribution >= 4 is 11.6 Å². The van der Waals surface area contributed by atoms with E-state index in [1.807, 2.05) is 6.92 Å². The van der Waals surface area contributed by atoms with Crippen LogP contribution in [0.15, 0.2) is 6.20 Å². The summed E-state index contributed by atoms with van der Waals surface area (Å²) in [7, 11) is 0. The highest BCUT2D eigenvalue weighted by Gasteiger charge is 2.15. The molecule has 0 radical (unpaired) electrons. The number of amides is 1. The molecule has 0 fully saturated rings. The molecule has 0 aromatic carbocycles. The summed E-state index contributed by atoms with van der Waals surface area (Å²) in [6, 6.07) is 0. The minimum atomic E-state index is -0.576. The van der Waals surface area contributed by atoms with Crippen molar-refractivity contribution in [3.8, 4) is 0 Å². The van der Waals surface area contributed by atoms with Gasteiger partial charge in [0.05, 0.1) is 18.0 Å². The van der Waals surface area contributed by atoms with Crippen molar-refractivity contribution in [2.45, 2.75) is 26.5 Å². The van der Waals surface area contributed by atoms with Gasteiger partial charge in [-0.25, -0.2) is 0 Å². The molecule has 1 aromatic heterocycles. The Morgan fingerprint density at radius 1 is 1.80 bits per heavy atom. The highest BCUT2D eigenvalue weighted by atomic mass is 16.3. The maximum absolute atomic E-state index is 11.6. The Labute approximate surface area is 88.1 Å². The molecule has 1 atom stereocenters. The van der Waals surface area contributed by atoms with Gasteiger partial charge in [-0.15, -0.1) is 0 Å². The van der Waals surface area contributed by atoms with Gasteiger partial charge in [-0.05, 0) is 13.8 Å². The summed E-state index contributed by atoms with van der Waals surface area (Å²) in [5, 5.41) is 15.5. The van der Waals surface area contributed by atoms with Crippen LogP contribution in [0.25, 0.3) is 0 Å². The number of anilines is 1. The van der Waals surface area contributed by atoms with Crippen molar-refractivity contribution in [2.75, 3.05) is 12.3 Å². The first-order valence-electron chi connectivity index (χ1n) is 4.83. The van der Waals surface area contributed by atoms with Crippen LogP contribution >= 0.6 is 0 Å². The molecule has 0 saturated heterocycles. The number of rotatable bonds is 4. The van der Waals surface area contributed by atoms with Crippen molar-refractivity contribution in [1.29, 1.82) is 0 Å². The molecular formula is C9H16N4O2. The third kappa shape index (κ3) is 2.69. The molecule has 0 aliphatic rings. The Bertz CT molecular complexity index is 346. The van der Waals surface area contributed by atoms with Gasteiger partial charge in [-0.2, -0.15) is 5.10 Å². The summed E-state index contributed by atoms with van der Waals surface area (Å²) in [6.07, 6.45) is 0.869. The number of aliphatic hydroxyl groups excluding tert-OH is 1. The van der Waals surface area contributed by atoms with Gasteiger partial charge in [-0.1, -0.05) is 0 Å². The van der Waals surface area contributed by atoms with Crippen LogP contribution < -0.4 is 11.1 Å². The number of nitrogens with one attached hydrogen (secondary N) is 1. The van der Waals surface area contributed by atoms with E-state index in [4.69, 9.17) is 10.8 Å². The molecule has 0 spiro atoms. The van der Waals surface area contributed by atoms with Crippen molar-refractivity contribution in [2.24, 2.45) is 0 Å². The molecule has 15 heavy (non-hydrogen) atoms. The number of nitrogens with two attached hydrogens (primary N) is 1. The molecule has 1 amide bonds. The largest absolute Gasteiger partial charge is 0.396 e. The van der Waals surface area contributed by atoms with Gasteiger partial charge in [0, 0.05) is 13.1 Å². The second kappa shape index (κ2) is 4.79. The second-order valence-electron chi connectivity index (χ2n) is 3.32. The number of aryl methyl sites for hydroxylation is 1. The molecule has 1 aromatic rings. The van der Waals surface area contributed by atoms with E-state index in [2.05, 4.69) is 10.4 Å². The SMILES string of the molecule is CCn1ncc(N)c1C(=O)NCC(C)O. The Morgan fingerprint density at radius 3 is 3.00 bits per heavy atom. The molecule has 6 nitrogen and oxygen atoms in total. The number of aliphatic hydroxyl groups is 1. The predicted molar refractivity (Wildman–Crippen MR) is 56.3 cm³/mol. The van der Waals surface area contributed by atoms with Gasteiger partial charge in [0.15, 0.2) is 0 Å². The third-order valence-electron chi connectivity index (χ3n) is 1.94. The van der Waals surface area contributed by atoms with E-state index in [-0.39, 0.29) is 12.5 Å². The average molecular weight is 212 g/mol. The van der Waals surface area contributed by atoms with Crippen LogP contribution in [-0.2, 0) is 6.54 Å².